The Bertz CT molecular complexity index is 565. The van der Waals surface area contributed by atoms with Crippen LogP contribution in [0.15, 0.2) is 26.2 Å². The van der Waals surface area contributed by atoms with Crippen LogP contribution in [0, 0.1) is 6.92 Å². The highest BCUT2D eigenvalue weighted by molar-refractivity contribution is 9.11. The Hall–Kier alpha value is -1.41. The van der Waals surface area contributed by atoms with Crippen LogP contribution in [0.4, 0.5) is 0 Å². The normalized spacial score (nSPS) is 11.1. The minimum atomic E-state index is -0.504. The van der Waals surface area contributed by atoms with Crippen LogP contribution >= 0.6 is 31.9 Å². The van der Waals surface area contributed by atoms with Crippen molar-refractivity contribution in [2.75, 3.05) is 6.61 Å². The number of rotatable bonds is 6. The zero-order chi connectivity index (χ0) is 16.0. The molecule has 1 aromatic rings. The number of benzene rings is 1. The van der Waals surface area contributed by atoms with Gasteiger partial charge in [0.05, 0.1) is 10.9 Å². The molecule has 3 N–H and O–H groups in total. The molecule has 0 aromatic heterocycles. The third kappa shape index (κ3) is 6.26. The number of ether oxygens (including phenoxy) is 1. The van der Waals surface area contributed by atoms with Gasteiger partial charge in [0.15, 0.2) is 6.61 Å². The summed E-state index contributed by atoms with van der Waals surface area (Å²) < 4.78 is 7.12. The number of carbonyl (C=O) groups excluding carboxylic acids is 2. The number of primary amides is 1. The van der Waals surface area contributed by atoms with Gasteiger partial charge < -0.3 is 10.5 Å². The first kappa shape index (κ1) is 17.6. The van der Waals surface area contributed by atoms with Crippen molar-refractivity contribution in [3.63, 3.8) is 0 Å². The van der Waals surface area contributed by atoms with E-state index >= 15 is 0 Å². The Labute approximate surface area is 139 Å². The van der Waals surface area contributed by atoms with Crippen molar-refractivity contribution < 1.29 is 14.3 Å². The molecular formula is C13H15Br2N3O3. The Morgan fingerprint density at radius 3 is 2.62 bits per heavy atom. The molecule has 0 bridgehead atoms. The van der Waals surface area contributed by atoms with Crippen LogP contribution in [-0.2, 0) is 9.59 Å². The Balaban J connectivity index is 2.56. The minimum Gasteiger partial charge on any atom is -0.482 e. The number of hydrogen-bond acceptors (Lipinski definition) is 4. The van der Waals surface area contributed by atoms with Crippen molar-refractivity contribution in [2.24, 2.45) is 10.8 Å². The molecule has 0 radical (unpaired) electrons. The van der Waals surface area contributed by atoms with E-state index in [2.05, 4.69) is 42.4 Å². The SMILES string of the molecule is C/C(CC(N)=O)=N\NC(=O)COc1c(C)cc(Br)cc1Br. The number of hydrogen-bond donors (Lipinski definition) is 2. The number of nitrogens with zero attached hydrogens (tertiary/aromatic N) is 1. The summed E-state index contributed by atoms with van der Waals surface area (Å²) in [5.74, 6) is -0.338. The molecule has 1 rings (SSSR count). The van der Waals surface area contributed by atoms with Gasteiger partial charge in [0.1, 0.15) is 5.75 Å². The molecule has 0 aliphatic carbocycles. The van der Waals surface area contributed by atoms with Gasteiger partial charge in [0.25, 0.3) is 5.91 Å². The monoisotopic (exact) mass is 419 g/mol. The first-order valence-corrected chi connectivity index (χ1v) is 7.57. The second-order valence-corrected chi connectivity index (χ2v) is 6.12. The van der Waals surface area contributed by atoms with Crippen LogP contribution in [0.3, 0.4) is 0 Å². The second-order valence-electron chi connectivity index (χ2n) is 4.35. The van der Waals surface area contributed by atoms with Crippen molar-refractivity contribution in [1.82, 2.24) is 5.43 Å². The summed E-state index contributed by atoms with van der Waals surface area (Å²) in [7, 11) is 0. The van der Waals surface area contributed by atoms with Crippen LogP contribution in [0.2, 0.25) is 0 Å². The first-order valence-electron chi connectivity index (χ1n) is 5.98. The highest BCUT2D eigenvalue weighted by Crippen LogP contribution is 2.32. The highest BCUT2D eigenvalue weighted by atomic mass is 79.9. The lowest BCUT2D eigenvalue weighted by Gasteiger charge is -2.11. The zero-order valence-electron chi connectivity index (χ0n) is 11.6. The molecule has 0 saturated carbocycles. The highest BCUT2D eigenvalue weighted by Gasteiger charge is 2.09. The van der Waals surface area contributed by atoms with E-state index in [-0.39, 0.29) is 13.0 Å². The largest absolute Gasteiger partial charge is 0.482 e. The molecule has 0 aliphatic rings. The van der Waals surface area contributed by atoms with Crippen molar-refractivity contribution in [1.29, 1.82) is 0 Å². The summed E-state index contributed by atoms with van der Waals surface area (Å²) >= 11 is 6.74. The van der Waals surface area contributed by atoms with E-state index in [1.807, 2.05) is 19.1 Å². The fourth-order valence-electron chi connectivity index (χ4n) is 1.49. The predicted octanol–water partition coefficient (Wildman–Crippen LogP) is 2.27. The third-order valence-corrected chi connectivity index (χ3v) is 3.39. The molecule has 0 spiro atoms. The summed E-state index contributed by atoms with van der Waals surface area (Å²) in [5, 5.41) is 3.75. The van der Waals surface area contributed by atoms with Gasteiger partial charge in [-0.25, -0.2) is 5.43 Å². The van der Waals surface area contributed by atoms with E-state index in [1.165, 1.54) is 0 Å². The maximum absolute atomic E-state index is 11.6. The number of hydrazone groups is 1. The van der Waals surface area contributed by atoms with Crippen LogP contribution < -0.4 is 15.9 Å². The number of nitrogens with two attached hydrogens (primary N) is 1. The van der Waals surface area contributed by atoms with Crippen molar-refractivity contribution >= 4 is 49.4 Å². The van der Waals surface area contributed by atoms with Gasteiger partial charge in [0.2, 0.25) is 5.91 Å². The van der Waals surface area contributed by atoms with Gasteiger partial charge in [-0.1, -0.05) is 15.9 Å². The van der Waals surface area contributed by atoms with Gasteiger partial charge in [-0.15, -0.1) is 0 Å². The molecule has 21 heavy (non-hydrogen) atoms. The third-order valence-electron chi connectivity index (χ3n) is 2.34. The molecule has 0 saturated heterocycles. The summed E-state index contributed by atoms with van der Waals surface area (Å²) in [5.41, 5.74) is 8.63. The summed E-state index contributed by atoms with van der Waals surface area (Å²) in [4.78, 5) is 22.3. The fourth-order valence-corrected chi connectivity index (χ4v) is 3.04. The molecule has 0 atom stereocenters. The predicted molar refractivity (Wildman–Crippen MR) is 87.1 cm³/mol. The van der Waals surface area contributed by atoms with E-state index in [4.69, 9.17) is 10.5 Å². The Morgan fingerprint density at radius 2 is 2.05 bits per heavy atom. The lowest BCUT2D eigenvalue weighted by molar-refractivity contribution is -0.123. The van der Waals surface area contributed by atoms with Gasteiger partial charge in [-0.05, 0) is 47.5 Å². The number of halogens is 2. The van der Waals surface area contributed by atoms with E-state index in [1.54, 1.807) is 6.92 Å². The van der Waals surface area contributed by atoms with Gasteiger partial charge in [0, 0.05) is 10.2 Å². The van der Waals surface area contributed by atoms with Crippen molar-refractivity contribution in [3.8, 4) is 5.75 Å². The molecule has 0 fully saturated rings. The summed E-state index contributed by atoms with van der Waals surface area (Å²) in [6.07, 6.45) is -0.00148. The molecule has 1 aromatic carbocycles. The molecular weight excluding hydrogens is 406 g/mol. The number of amides is 2. The van der Waals surface area contributed by atoms with Gasteiger partial charge in [-0.3, -0.25) is 9.59 Å². The topological polar surface area (TPSA) is 93.8 Å². The van der Waals surface area contributed by atoms with Gasteiger partial charge in [-0.2, -0.15) is 5.10 Å². The summed E-state index contributed by atoms with van der Waals surface area (Å²) in [6.45, 7) is 3.29. The van der Waals surface area contributed by atoms with E-state index in [0.29, 0.717) is 11.5 Å². The smallest absolute Gasteiger partial charge is 0.277 e. The van der Waals surface area contributed by atoms with Crippen LogP contribution in [-0.4, -0.2) is 24.1 Å². The number of nitrogens with one attached hydrogen (secondary N) is 1. The lowest BCUT2D eigenvalue weighted by Crippen LogP contribution is -2.26. The van der Waals surface area contributed by atoms with E-state index in [9.17, 15) is 9.59 Å². The van der Waals surface area contributed by atoms with Gasteiger partial charge >= 0.3 is 0 Å². The van der Waals surface area contributed by atoms with Crippen molar-refractivity contribution in [3.05, 3.63) is 26.6 Å². The molecule has 114 valence electrons. The minimum absolute atomic E-state index is 0.00148. The Kier molecular flexibility index (Phi) is 6.83. The molecule has 0 heterocycles. The zero-order valence-corrected chi connectivity index (χ0v) is 14.7. The number of aryl methyl sites for hydroxylation is 1. The van der Waals surface area contributed by atoms with Crippen LogP contribution in [0.25, 0.3) is 0 Å². The maximum atomic E-state index is 11.6. The molecule has 0 aliphatic heterocycles. The lowest BCUT2D eigenvalue weighted by atomic mass is 10.2. The van der Waals surface area contributed by atoms with Crippen LogP contribution in [0.1, 0.15) is 18.9 Å². The summed E-state index contributed by atoms with van der Waals surface area (Å²) in [6, 6.07) is 3.71. The quantitative estimate of drug-likeness (QED) is 0.545. The Morgan fingerprint density at radius 1 is 1.38 bits per heavy atom. The standard InChI is InChI=1S/C13H15Br2N3O3/c1-7-3-9(14)5-10(15)13(7)21-6-12(20)18-17-8(2)4-11(16)19/h3,5H,4,6H2,1-2H3,(H2,16,19)(H,18,20)/b17-8+. The molecule has 8 heteroatoms. The fraction of sp³-hybridized carbons (Fsp3) is 0.308. The maximum Gasteiger partial charge on any atom is 0.277 e. The molecule has 2 amide bonds. The molecule has 6 nitrogen and oxygen atoms in total. The van der Waals surface area contributed by atoms with Crippen molar-refractivity contribution in [2.45, 2.75) is 20.3 Å². The second kappa shape index (κ2) is 8.14. The molecule has 0 unspecified atom stereocenters. The van der Waals surface area contributed by atoms with E-state index in [0.717, 1.165) is 14.5 Å². The average molecular weight is 421 g/mol. The average Bonchev–Trinajstić information content (AvgIpc) is 2.34. The van der Waals surface area contributed by atoms with E-state index < -0.39 is 11.8 Å². The van der Waals surface area contributed by atoms with Crippen LogP contribution in [0.5, 0.6) is 5.75 Å². The first-order chi connectivity index (χ1) is 9.79. The number of carbonyl (C=O) groups is 2.